The number of nitrogens with zero attached hydrogens (tertiary/aromatic N) is 2. The van der Waals surface area contributed by atoms with Crippen molar-refractivity contribution in [2.24, 2.45) is 0 Å². The van der Waals surface area contributed by atoms with Gasteiger partial charge in [0, 0.05) is 67.1 Å². The predicted molar refractivity (Wildman–Crippen MR) is 229 cm³/mol. The number of hydrogen-bond donors (Lipinski definition) is 2. The van der Waals surface area contributed by atoms with Gasteiger partial charge in [0.25, 0.3) is 0 Å². The quantitative estimate of drug-likeness (QED) is 0.199. The van der Waals surface area contributed by atoms with Crippen molar-refractivity contribution in [1.82, 2.24) is 19.9 Å². The monoisotopic (exact) mass is 689 g/mol. The summed E-state index contributed by atoms with van der Waals surface area (Å²) >= 11 is 0. The molecule has 5 heterocycles. The molecule has 2 N–H and O–H groups in total. The molecule has 225 valence electrons. The van der Waals surface area contributed by atoms with Gasteiger partial charge >= 0.3 is 0 Å². The fourth-order valence-corrected chi connectivity index (χ4v) is 8.64. The predicted octanol–water partition coefficient (Wildman–Crippen LogP) is 4.96. The number of fused-ring (bicyclic) bond motifs is 20. The molecule has 0 saturated carbocycles. The zero-order chi connectivity index (χ0) is 35.8. The minimum Gasteiger partial charge on any atom is -0.355 e. The lowest BCUT2D eigenvalue weighted by atomic mass is 9.85. The molecule has 0 spiro atoms. The van der Waals surface area contributed by atoms with Crippen LogP contribution >= 0.6 is 36.4 Å². The van der Waals surface area contributed by atoms with Crippen LogP contribution < -0.4 is 21.9 Å². The van der Waals surface area contributed by atoms with Gasteiger partial charge in [0.15, 0.2) is 27.9 Å². The SMILES string of the molecule is [2H]P[B]c1c2nc(c(B([2H])P)c3[nH]c(c(B([2H])P)c4nc(c(B([2H])P)c5[nH]c1c1ccccc51)-c1ccccc1-4)c1ccccc31)-c1ccccc1-2. The summed E-state index contributed by atoms with van der Waals surface area (Å²) in [5.74, 6) is 0. The maximum absolute atomic E-state index is 9.29. The van der Waals surface area contributed by atoms with E-state index in [9.17, 15) is 4.01 Å². The average molecular weight is 689 g/mol. The standard InChI is InChI=1S/C36H29B4N4P4/c45-37-25-29-17-9-1-2-10-18(17)30(41-29)26(38-46)32-21-13-5-6-14-22(21)34(43-32)28(40-48)36-24-16-8-7-15-23(24)35(44-36)27(39-47)33-20-12-4-3-11-19(20)31(25)42-33/h1-16,37-39,41,44H,45-48H2/i37D,38D,39D,48D. The lowest BCUT2D eigenvalue weighted by molar-refractivity contribution is 1.43. The molecule has 1 radical (unpaired) electrons. The molecule has 48 heavy (non-hydrogen) atoms. The first-order chi connectivity index (χ1) is 25.3. The van der Waals surface area contributed by atoms with Crippen molar-refractivity contribution in [1.29, 1.82) is 5.29 Å². The second kappa shape index (κ2) is 12.1. The third-order valence-corrected chi connectivity index (χ3v) is 10.8. The molecular weight excluding hydrogens is 656 g/mol. The number of aromatic amines is 2. The van der Waals surface area contributed by atoms with E-state index in [-0.39, 0.29) is 9.06 Å². The van der Waals surface area contributed by atoms with Crippen LogP contribution in [0.1, 0.15) is 0 Å². The minimum atomic E-state index is -0.752. The van der Waals surface area contributed by atoms with E-state index >= 15 is 0 Å². The van der Waals surface area contributed by atoms with Gasteiger partial charge in [0.05, 0.1) is 22.8 Å². The van der Waals surface area contributed by atoms with E-state index in [0.717, 1.165) is 77.0 Å². The van der Waals surface area contributed by atoms with Crippen molar-refractivity contribution in [3.63, 3.8) is 0 Å². The first-order valence-electron chi connectivity index (χ1n) is 17.9. The fraction of sp³-hybridized carbons (Fsp3) is 0. The van der Waals surface area contributed by atoms with E-state index in [2.05, 4.69) is 73.7 Å². The van der Waals surface area contributed by atoms with Gasteiger partial charge in [-0.25, -0.2) is 9.97 Å². The lowest BCUT2D eigenvalue weighted by Crippen LogP contribution is -2.16. The number of aromatic nitrogens is 4. The van der Waals surface area contributed by atoms with Crippen LogP contribution in [-0.2, 0) is 0 Å². The zero-order valence-corrected chi connectivity index (χ0v) is 30.1. The van der Waals surface area contributed by atoms with Crippen LogP contribution in [0.4, 0.5) is 0 Å². The summed E-state index contributed by atoms with van der Waals surface area (Å²) in [7, 11) is 7.75. The van der Waals surface area contributed by atoms with E-state index in [0.29, 0.717) is 33.5 Å². The Kier molecular flexibility index (Phi) is 6.66. The number of benzene rings is 4. The first kappa shape index (κ1) is 26.4. The number of H-pyrrole nitrogens is 2. The fourth-order valence-electron chi connectivity index (χ4n) is 7.39. The molecule has 2 aliphatic heterocycles. The van der Waals surface area contributed by atoms with Gasteiger partial charge in [0.1, 0.15) is 0 Å². The Bertz CT molecular complexity index is 2790. The number of nitrogens with one attached hydrogen (secondary N) is 2. The molecule has 0 saturated heterocycles. The van der Waals surface area contributed by atoms with Crippen molar-refractivity contribution < 1.29 is 0 Å². The molecule has 7 aromatic rings. The molecule has 4 aromatic carbocycles. The molecule has 3 aromatic heterocycles. The molecule has 4 nitrogen and oxygen atoms in total. The second-order valence-corrected chi connectivity index (χ2v) is 13.1. The Labute approximate surface area is 296 Å². The molecule has 8 bridgehead atoms. The Hall–Kier alpha value is -3.50. The van der Waals surface area contributed by atoms with Crippen LogP contribution in [-0.4, -0.2) is 53.1 Å². The smallest absolute Gasteiger partial charge is 0.186 e. The second-order valence-electron chi connectivity index (χ2n) is 11.8. The highest BCUT2D eigenvalue weighted by Crippen LogP contribution is 2.38. The summed E-state index contributed by atoms with van der Waals surface area (Å²) in [5.41, 5.74) is 12.5. The normalized spacial score (nSPS) is 13.1. The highest BCUT2D eigenvalue weighted by molar-refractivity contribution is 7.59. The van der Waals surface area contributed by atoms with Crippen LogP contribution in [0.25, 0.3) is 88.6 Å². The molecule has 2 aliphatic rings. The highest BCUT2D eigenvalue weighted by atomic mass is 31.0. The van der Waals surface area contributed by atoms with Crippen molar-refractivity contribution >= 4 is 130 Å². The third-order valence-electron chi connectivity index (χ3n) is 9.50. The molecule has 4 unspecified atom stereocenters. The van der Waals surface area contributed by atoms with Crippen LogP contribution in [0.15, 0.2) is 97.1 Å². The summed E-state index contributed by atoms with van der Waals surface area (Å²) in [5, 5.41) is 3.75. The van der Waals surface area contributed by atoms with Crippen molar-refractivity contribution in [2.45, 2.75) is 0 Å². The van der Waals surface area contributed by atoms with Crippen molar-refractivity contribution in [3.8, 4) is 45.0 Å². The van der Waals surface area contributed by atoms with Crippen molar-refractivity contribution in [3.05, 3.63) is 97.1 Å². The van der Waals surface area contributed by atoms with Crippen LogP contribution in [0.5, 0.6) is 0 Å². The summed E-state index contributed by atoms with van der Waals surface area (Å²) in [6.45, 7) is -0.316. The minimum absolute atomic E-state index is 0.249. The van der Waals surface area contributed by atoms with Crippen molar-refractivity contribution in [2.75, 3.05) is 0 Å². The van der Waals surface area contributed by atoms with E-state index in [4.69, 9.17) is 11.2 Å². The molecule has 0 fully saturated rings. The molecule has 9 rings (SSSR count). The van der Waals surface area contributed by atoms with Gasteiger partial charge in [-0.1, -0.05) is 97.1 Å². The molecular formula is C36H29B4N4P4. The van der Waals surface area contributed by atoms with Crippen LogP contribution in [0.2, 0.25) is 0 Å². The summed E-state index contributed by atoms with van der Waals surface area (Å²) < 4.78 is 36.3. The number of rotatable bonds is 5. The van der Waals surface area contributed by atoms with E-state index in [1.807, 2.05) is 67.7 Å². The Morgan fingerprint density at radius 2 is 0.833 bits per heavy atom. The Morgan fingerprint density at radius 3 is 1.23 bits per heavy atom. The topological polar surface area (TPSA) is 57.4 Å². The average Bonchev–Trinajstić information content (AvgIpc) is 3.90. The largest absolute Gasteiger partial charge is 0.355 e. The molecule has 0 aliphatic carbocycles. The summed E-state index contributed by atoms with van der Waals surface area (Å²) in [6.07, 6.45) is 0. The number of hydrogen-bond acceptors (Lipinski definition) is 2. The van der Waals surface area contributed by atoms with Gasteiger partial charge in [-0.3, -0.25) is 0 Å². The maximum atomic E-state index is 9.29. The third kappa shape index (κ3) is 4.43. The highest BCUT2D eigenvalue weighted by Gasteiger charge is 2.26. The Balaban J connectivity index is 1.66. The van der Waals surface area contributed by atoms with Gasteiger partial charge in [-0.2, -0.15) is 36.4 Å². The van der Waals surface area contributed by atoms with Gasteiger partial charge in [-0.05, 0) is 25.9 Å². The molecule has 0 amide bonds. The Morgan fingerprint density at radius 1 is 0.500 bits per heavy atom. The van der Waals surface area contributed by atoms with E-state index in [1.54, 1.807) is 0 Å². The van der Waals surface area contributed by atoms with Gasteiger partial charge in [-0.15, -0.1) is 0 Å². The van der Waals surface area contributed by atoms with Crippen LogP contribution in [0.3, 0.4) is 0 Å². The zero-order valence-electron chi connectivity index (χ0n) is 29.7. The molecule has 4 atom stereocenters. The molecule has 12 heteroatoms. The lowest BCUT2D eigenvalue weighted by Gasteiger charge is -2.05. The summed E-state index contributed by atoms with van der Waals surface area (Å²) in [4.78, 5) is 18.3. The van der Waals surface area contributed by atoms with Gasteiger partial charge < -0.3 is 9.97 Å². The maximum Gasteiger partial charge on any atom is 0.186 e. The van der Waals surface area contributed by atoms with E-state index < -0.39 is 20.9 Å². The summed E-state index contributed by atoms with van der Waals surface area (Å²) in [6, 6.07) is 32.5. The van der Waals surface area contributed by atoms with Gasteiger partial charge in [0.2, 0.25) is 0 Å². The van der Waals surface area contributed by atoms with E-state index in [1.165, 1.54) is 0 Å². The first-order valence-corrected chi connectivity index (χ1v) is 18.2. The van der Waals surface area contributed by atoms with Crippen LogP contribution in [0, 0.1) is 0 Å².